The van der Waals surface area contributed by atoms with E-state index in [1.54, 1.807) is 23.1 Å². The molecule has 1 aliphatic heterocycles. The molecule has 1 fully saturated rings. The van der Waals surface area contributed by atoms with Gasteiger partial charge in [0.15, 0.2) is 5.78 Å². The lowest BCUT2D eigenvalue weighted by molar-refractivity contribution is -0.149. The predicted molar refractivity (Wildman–Crippen MR) is 114 cm³/mol. The number of aryl methyl sites for hydroxylation is 1. The van der Waals surface area contributed by atoms with Gasteiger partial charge in [-0.3, -0.25) is 14.4 Å². The number of anilines is 1. The molecule has 0 N–H and O–H groups in total. The summed E-state index contributed by atoms with van der Waals surface area (Å²) < 4.78 is 11.1. The summed E-state index contributed by atoms with van der Waals surface area (Å²) in [7, 11) is 0. The molecule has 2 aromatic carbocycles. The van der Waals surface area contributed by atoms with Crippen molar-refractivity contribution in [3.63, 3.8) is 0 Å². The fourth-order valence-corrected chi connectivity index (χ4v) is 3.60. The van der Waals surface area contributed by atoms with E-state index in [2.05, 4.69) is 0 Å². The van der Waals surface area contributed by atoms with E-state index in [0.29, 0.717) is 30.0 Å². The molecule has 158 valence electrons. The highest BCUT2D eigenvalue weighted by Gasteiger charge is 2.36. The van der Waals surface area contributed by atoms with Gasteiger partial charge in [-0.05, 0) is 63.1 Å². The van der Waals surface area contributed by atoms with Crippen LogP contribution in [0.25, 0.3) is 0 Å². The third-order valence-corrected chi connectivity index (χ3v) is 5.46. The molecule has 1 unspecified atom stereocenters. The second-order valence-electron chi connectivity index (χ2n) is 7.54. The van der Waals surface area contributed by atoms with Crippen LogP contribution in [0.15, 0.2) is 36.4 Å². The molecule has 1 heterocycles. The molecule has 0 saturated carbocycles. The topological polar surface area (TPSA) is 72.9 Å². The summed E-state index contributed by atoms with van der Waals surface area (Å²) in [5.41, 5.74) is 4.13. The van der Waals surface area contributed by atoms with Gasteiger partial charge in [-0.25, -0.2) is 0 Å². The number of nitrogens with zero attached hydrogens (tertiary/aromatic N) is 1. The van der Waals surface area contributed by atoms with Crippen molar-refractivity contribution in [1.29, 1.82) is 0 Å². The van der Waals surface area contributed by atoms with Crippen molar-refractivity contribution in [3.05, 3.63) is 58.7 Å². The van der Waals surface area contributed by atoms with Gasteiger partial charge in [0.2, 0.25) is 5.91 Å². The Morgan fingerprint density at radius 1 is 1.17 bits per heavy atom. The number of benzene rings is 2. The molecular formula is C24H27NO5. The molecule has 0 radical (unpaired) electrons. The van der Waals surface area contributed by atoms with E-state index >= 15 is 0 Å². The molecule has 0 aliphatic carbocycles. The predicted octanol–water partition coefficient (Wildman–Crippen LogP) is 4.00. The van der Waals surface area contributed by atoms with E-state index in [1.165, 1.54) is 6.92 Å². The lowest BCUT2D eigenvalue weighted by Crippen LogP contribution is -2.27. The van der Waals surface area contributed by atoms with Gasteiger partial charge in [0.1, 0.15) is 12.4 Å². The van der Waals surface area contributed by atoms with Gasteiger partial charge in [0.25, 0.3) is 0 Å². The van der Waals surface area contributed by atoms with Crippen LogP contribution in [0.3, 0.4) is 0 Å². The van der Waals surface area contributed by atoms with Crippen molar-refractivity contribution in [2.75, 3.05) is 18.1 Å². The minimum absolute atomic E-state index is 0.0105. The molecule has 1 aliphatic rings. The molecule has 30 heavy (non-hydrogen) atoms. The van der Waals surface area contributed by atoms with Crippen molar-refractivity contribution in [3.8, 4) is 5.75 Å². The molecule has 0 spiro atoms. The number of rotatable bonds is 7. The van der Waals surface area contributed by atoms with Crippen LogP contribution in [0.5, 0.6) is 5.75 Å². The van der Waals surface area contributed by atoms with Crippen molar-refractivity contribution < 1.29 is 23.9 Å². The molecule has 3 rings (SSSR count). The van der Waals surface area contributed by atoms with Crippen molar-refractivity contribution in [2.45, 2.75) is 40.7 Å². The first-order valence-electron chi connectivity index (χ1n) is 10.1. The van der Waals surface area contributed by atoms with Crippen LogP contribution in [-0.4, -0.2) is 30.8 Å². The summed E-state index contributed by atoms with van der Waals surface area (Å²) in [6, 6.07) is 10.9. The van der Waals surface area contributed by atoms with Crippen LogP contribution in [0.4, 0.5) is 5.69 Å². The first-order chi connectivity index (χ1) is 14.3. The van der Waals surface area contributed by atoms with Gasteiger partial charge in [0, 0.05) is 29.8 Å². The Hall–Kier alpha value is -3.15. The van der Waals surface area contributed by atoms with Gasteiger partial charge in [-0.2, -0.15) is 0 Å². The Morgan fingerprint density at radius 2 is 1.93 bits per heavy atom. The van der Waals surface area contributed by atoms with E-state index in [1.807, 2.05) is 39.0 Å². The summed E-state index contributed by atoms with van der Waals surface area (Å²) in [4.78, 5) is 38.6. The van der Waals surface area contributed by atoms with E-state index < -0.39 is 11.9 Å². The SMILES string of the molecule is CCOc1ccc(C(C)=O)cc1COC(=O)C1CC(=O)N(c2cccc(C)c2C)C1. The number of amides is 1. The Balaban J connectivity index is 1.70. The highest BCUT2D eigenvalue weighted by atomic mass is 16.5. The average Bonchev–Trinajstić information content (AvgIpc) is 3.10. The summed E-state index contributed by atoms with van der Waals surface area (Å²) in [6.45, 7) is 8.06. The molecule has 1 amide bonds. The normalized spacial score (nSPS) is 15.9. The van der Waals surface area contributed by atoms with E-state index in [4.69, 9.17) is 9.47 Å². The number of carbonyl (C=O) groups excluding carboxylic acids is 3. The highest BCUT2D eigenvalue weighted by Crippen LogP contribution is 2.30. The first-order valence-corrected chi connectivity index (χ1v) is 10.1. The minimum Gasteiger partial charge on any atom is -0.493 e. The van der Waals surface area contributed by atoms with Crippen LogP contribution < -0.4 is 9.64 Å². The van der Waals surface area contributed by atoms with E-state index in [-0.39, 0.29) is 24.7 Å². The number of hydrogen-bond donors (Lipinski definition) is 0. The van der Waals surface area contributed by atoms with Crippen molar-refractivity contribution in [2.24, 2.45) is 5.92 Å². The molecule has 6 heteroatoms. The standard InChI is InChI=1S/C24H27NO5/c1-5-29-22-10-9-18(17(4)26)11-20(22)14-30-24(28)19-12-23(27)25(13-19)21-8-6-7-15(2)16(21)3/h6-11,19H,5,12-14H2,1-4H3. The maximum atomic E-state index is 12.7. The second kappa shape index (κ2) is 9.11. The number of hydrogen-bond acceptors (Lipinski definition) is 5. The fourth-order valence-electron chi connectivity index (χ4n) is 3.60. The van der Waals surface area contributed by atoms with E-state index in [0.717, 1.165) is 16.8 Å². The fraction of sp³-hybridized carbons (Fsp3) is 0.375. The van der Waals surface area contributed by atoms with Gasteiger partial charge in [-0.15, -0.1) is 0 Å². The summed E-state index contributed by atoms with van der Waals surface area (Å²) >= 11 is 0. The molecule has 0 bridgehead atoms. The first kappa shape index (κ1) is 21.6. The van der Waals surface area contributed by atoms with Crippen LogP contribution in [0.2, 0.25) is 0 Å². The van der Waals surface area contributed by atoms with Crippen LogP contribution in [0, 0.1) is 19.8 Å². The summed E-state index contributed by atoms with van der Waals surface area (Å²) in [6.07, 6.45) is 0.123. The lowest BCUT2D eigenvalue weighted by atomic mass is 10.1. The monoisotopic (exact) mass is 409 g/mol. The van der Waals surface area contributed by atoms with Crippen LogP contribution >= 0.6 is 0 Å². The number of Topliss-reactive ketones (excluding diaryl/α,β-unsaturated/α-hetero) is 1. The maximum absolute atomic E-state index is 12.7. The molecule has 6 nitrogen and oxygen atoms in total. The Morgan fingerprint density at radius 3 is 2.63 bits per heavy atom. The number of esters is 1. The number of carbonyl (C=O) groups is 3. The zero-order chi connectivity index (χ0) is 21.8. The Labute approximate surface area is 176 Å². The maximum Gasteiger partial charge on any atom is 0.311 e. The molecule has 0 aromatic heterocycles. The van der Waals surface area contributed by atoms with Gasteiger partial charge >= 0.3 is 5.97 Å². The number of ether oxygens (including phenoxy) is 2. The smallest absolute Gasteiger partial charge is 0.311 e. The quantitative estimate of drug-likeness (QED) is 0.510. The molecular weight excluding hydrogens is 382 g/mol. The molecule has 1 saturated heterocycles. The summed E-state index contributed by atoms with van der Waals surface area (Å²) in [5.74, 6) is -0.527. The van der Waals surface area contributed by atoms with Crippen molar-refractivity contribution >= 4 is 23.3 Å². The zero-order valence-corrected chi connectivity index (χ0v) is 17.9. The third-order valence-electron chi connectivity index (χ3n) is 5.46. The van der Waals surface area contributed by atoms with Gasteiger partial charge in [-0.1, -0.05) is 12.1 Å². The Bertz CT molecular complexity index is 982. The molecule has 1 atom stereocenters. The molecule has 2 aromatic rings. The second-order valence-corrected chi connectivity index (χ2v) is 7.54. The van der Waals surface area contributed by atoms with Crippen LogP contribution in [0.1, 0.15) is 47.3 Å². The largest absolute Gasteiger partial charge is 0.493 e. The van der Waals surface area contributed by atoms with E-state index in [9.17, 15) is 14.4 Å². The van der Waals surface area contributed by atoms with Crippen LogP contribution in [-0.2, 0) is 20.9 Å². The zero-order valence-electron chi connectivity index (χ0n) is 17.9. The summed E-state index contributed by atoms with van der Waals surface area (Å²) in [5, 5.41) is 0. The average molecular weight is 409 g/mol. The van der Waals surface area contributed by atoms with Gasteiger partial charge < -0.3 is 14.4 Å². The van der Waals surface area contributed by atoms with Gasteiger partial charge in [0.05, 0.1) is 12.5 Å². The highest BCUT2D eigenvalue weighted by molar-refractivity contribution is 6.00. The lowest BCUT2D eigenvalue weighted by Gasteiger charge is -2.20. The Kier molecular flexibility index (Phi) is 6.55. The minimum atomic E-state index is -0.524. The van der Waals surface area contributed by atoms with Crippen molar-refractivity contribution in [1.82, 2.24) is 0 Å². The number of ketones is 1. The third kappa shape index (κ3) is 4.53.